The van der Waals surface area contributed by atoms with Gasteiger partial charge in [0.2, 0.25) is 0 Å². The van der Waals surface area contributed by atoms with Crippen LogP contribution < -0.4 is 14.2 Å². The van der Waals surface area contributed by atoms with E-state index < -0.39 is 0 Å². The third-order valence-electron chi connectivity index (χ3n) is 3.62. The van der Waals surface area contributed by atoms with Gasteiger partial charge in [-0.2, -0.15) is 0 Å². The highest BCUT2D eigenvalue weighted by molar-refractivity contribution is 5.09. The number of ether oxygens (including phenoxy) is 9. The van der Waals surface area contributed by atoms with E-state index in [2.05, 4.69) is 32.7 Å². The Kier molecular flexibility index (Phi) is 20.2. The van der Waals surface area contributed by atoms with Gasteiger partial charge in [-0.3, -0.25) is 0 Å². The van der Waals surface area contributed by atoms with Crippen molar-refractivity contribution in [1.29, 1.82) is 0 Å². The minimum absolute atomic E-state index is 0.0226. The summed E-state index contributed by atoms with van der Waals surface area (Å²) in [7, 11) is 0. The number of terminal acetylenes is 3. The van der Waals surface area contributed by atoms with Crippen LogP contribution in [-0.4, -0.2) is 114 Å². The molecule has 1 aromatic rings. The Hall–Kier alpha value is -3.15. The van der Waals surface area contributed by atoms with Crippen LogP contribution in [0.25, 0.3) is 0 Å². The van der Waals surface area contributed by atoms with E-state index in [1.165, 1.54) is 0 Å². The molecule has 0 unspecified atom stereocenters. The van der Waals surface area contributed by atoms with Gasteiger partial charge in [0.25, 0.3) is 0 Å². The fourth-order valence-electron chi connectivity index (χ4n) is 2.14. The Morgan fingerprint density at radius 2 is 0.639 bits per heavy atom. The van der Waals surface area contributed by atoms with E-state index in [0.717, 1.165) is 0 Å². The lowest BCUT2D eigenvalue weighted by molar-refractivity contribution is 0.0403. The van der Waals surface area contributed by atoms with Crippen LogP contribution in [0, 0.1) is 37.0 Å². The smallest absolute Gasteiger partial charge is 0.325 e. The third kappa shape index (κ3) is 18.2. The monoisotopic (exact) mass is 507 g/mol. The van der Waals surface area contributed by atoms with Crippen LogP contribution >= 0.6 is 0 Å². The average molecular weight is 508 g/mol. The average Bonchev–Trinajstić information content (AvgIpc) is 2.89. The lowest BCUT2D eigenvalue weighted by Gasteiger charge is -2.11. The van der Waals surface area contributed by atoms with Gasteiger partial charge in [-0.1, -0.05) is 17.8 Å². The summed E-state index contributed by atoms with van der Waals surface area (Å²) in [5, 5.41) is 0. The first-order valence-electron chi connectivity index (χ1n) is 11.2. The summed E-state index contributed by atoms with van der Waals surface area (Å²) in [4.78, 5) is 12.4. The molecule has 0 spiro atoms. The molecule has 12 nitrogen and oxygen atoms in total. The minimum Gasteiger partial charge on any atom is -0.461 e. The van der Waals surface area contributed by atoms with Crippen LogP contribution in [0.15, 0.2) is 0 Å². The van der Waals surface area contributed by atoms with Crippen LogP contribution in [-0.2, 0) is 28.4 Å². The summed E-state index contributed by atoms with van der Waals surface area (Å²) in [6.45, 7) is 4.51. The number of nitrogens with zero attached hydrogens (tertiary/aromatic N) is 3. The molecule has 36 heavy (non-hydrogen) atoms. The van der Waals surface area contributed by atoms with Crippen LogP contribution in [0.1, 0.15) is 0 Å². The molecule has 0 radical (unpaired) electrons. The van der Waals surface area contributed by atoms with Gasteiger partial charge in [-0.05, 0) is 0 Å². The summed E-state index contributed by atoms with van der Waals surface area (Å²) in [5.74, 6) is 7.13. The first kappa shape index (κ1) is 30.9. The highest BCUT2D eigenvalue weighted by atomic mass is 16.6. The highest BCUT2D eigenvalue weighted by Gasteiger charge is 2.10. The molecule has 0 aliphatic heterocycles. The van der Waals surface area contributed by atoms with Crippen molar-refractivity contribution < 1.29 is 42.6 Å². The van der Waals surface area contributed by atoms with Gasteiger partial charge in [-0.25, -0.2) is 0 Å². The number of aromatic nitrogens is 3. The maximum absolute atomic E-state index is 5.53. The molecule has 0 fully saturated rings. The molecule has 1 rings (SSSR count). The Balaban J connectivity index is 2.43. The SMILES string of the molecule is C#CCOCCOCCOc1nc(OCCOCCOCC#C)nc(OCCOCCOCC#C)n1. The van der Waals surface area contributed by atoms with Gasteiger partial charge in [-0.15, -0.1) is 34.2 Å². The largest absolute Gasteiger partial charge is 0.461 e. The molecule has 1 aromatic heterocycles. The molecule has 12 heteroatoms. The van der Waals surface area contributed by atoms with E-state index in [-0.39, 0.29) is 57.7 Å². The summed E-state index contributed by atoms with van der Waals surface area (Å²) in [6.07, 6.45) is 15.3. The first-order valence-corrected chi connectivity index (χ1v) is 11.2. The van der Waals surface area contributed by atoms with Crippen molar-refractivity contribution in [2.75, 3.05) is 99.1 Å². The standard InChI is InChI=1S/C24H33N3O9/c1-4-7-28-10-13-31-16-19-34-22-25-23(35-20-17-32-14-11-29-8-5-2)27-24(26-22)36-21-18-33-15-12-30-9-6-3/h1-3H,7-21H2. The lowest BCUT2D eigenvalue weighted by atomic mass is 10.7. The second-order valence-electron chi connectivity index (χ2n) is 6.34. The molecule has 0 saturated heterocycles. The zero-order valence-corrected chi connectivity index (χ0v) is 20.4. The van der Waals surface area contributed by atoms with Gasteiger partial charge in [0.1, 0.15) is 39.6 Å². The van der Waals surface area contributed by atoms with Crippen LogP contribution in [0.2, 0.25) is 0 Å². The fraction of sp³-hybridized carbons (Fsp3) is 0.625. The number of hydrogen-bond donors (Lipinski definition) is 0. The second kappa shape index (κ2) is 23.6. The highest BCUT2D eigenvalue weighted by Crippen LogP contribution is 2.14. The predicted octanol–water partition coefficient (Wildman–Crippen LogP) is 0.00720. The first-order chi connectivity index (χ1) is 17.8. The van der Waals surface area contributed by atoms with Gasteiger partial charge in [0.05, 0.1) is 59.5 Å². The van der Waals surface area contributed by atoms with Crippen LogP contribution in [0.4, 0.5) is 0 Å². The van der Waals surface area contributed by atoms with E-state index in [0.29, 0.717) is 59.5 Å². The van der Waals surface area contributed by atoms with Crippen LogP contribution in [0.3, 0.4) is 0 Å². The molecule has 0 bridgehead atoms. The Morgan fingerprint density at radius 3 is 0.917 bits per heavy atom. The van der Waals surface area contributed by atoms with E-state index >= 15 is 0 Å². The van der Waals surface area contributed by atoms with Crippen molar-refractivity contribution in [3.8, 4) is 55.1 Å². The summed E-state index contributed by atoms with van der Waals surface area (Å²) < 4.78 is 48.1. The van der Waals surface area contributed by atoms with E-state index in [1.54, 1.807) is 0 Å². The zero-order chi connectivity index (χ0) is 25.9. The maximum atomic E-state index is 5.53. The van der Waals surface area contributed by atoms with Crippen molar-refractivity contribution in [1.82, 2.24) is 15.0 Å². The molecule has 0 aromatic carbocycles. The Labute approximate surface area is 212 Å². The molecule has 0 aliphatic carbocycles. The lowest BCUT2D eigenvalue weighted by Crippen LogP contribution is -2.16. The van der Waals surface area contributed by atoms with E-state index in [4.69, 9.17) is 61.9 Å². The topological polar surface area (TPSA) is 122 Å². The van der Waals surface area contributed by atoms with Gasteiger partial charge in [0.15, 0.2) is 0 Å². The maximum Gasteiger partial charge on any atom is 0.325 e. The van der Waals surface area contributed by atoms with Gasteiger partial charge >= 0.3 is 18.0 Å². The summed E-state index contributed by atoms with van der Waals surface area (Å²) in [5.41, 5.74) is 0. The number of rotatable bonds is 24. The normalized spacial score (nSPS) is 10.2. The van der Waals surface area contributed by atoms with Gasteiger partial charge in [0, 0.05) is 0 Å². The van der Waals surface area contributed by atoms with E-state index in [1.807, 2.05) is 0 Å². The molecular formula is C24H33N3O9. The van der Waals surface area contributed by atoms with Crippen molar-refractivity contribution in [3.63, 3.8) is 0 Å². The Bertz CT molecular complexity index is 688. The minimum atomic E-state index is 0.0226. The second-order valence-corrected chi connectivity index (χ2v) is 6.34. The molecule has 0 N–H and O–H groups in total. The van der Waals surface area contributed by atoms with Crippen LogP contribution in [0.5, 0.6) is 18.0 Å². The molecular weight excluding hydrogens is 474 g/mol. The summed E-state index contributed by atoms with van der Waals surface area (Å²) in [6, 6.07) is 0.0677. The van der Waals surface area contributed by atoms with E-state index in [9.17, 15) is 0 Å². The zero-order valence-electron chi connectivity index (χ0n) is 20.4. The molecule has 198 valence electrons. The molecule has 0 atom stereocenters. The third-order valence-corrected chi connectivity index (χ3v) is 3.62. The molecule has 1 heterocycles. The molecule has 0 aliphatic rings. The predicted molar refractivity (Wildman–Crippen MR) is 128 cm³/mol. The van der Waals surface area contributed by atoms with Crippen molar-refractivity contribution in [3.05, 3.63) is 0 Å². The Morgan fingerprint density at radius 1 is 0.389 bits per heavy atom. The fourth-order valence-corrected chi connectivity index (χ4v) is 2.14. The van der Waals surface area contributed by atoms with Crippen molar-refractivity contribution in [2.24, 2.45) is 0 Å². The quantitative estimate of drug-likeness (QED) is 0.138. The van der Waals surface area contributed by atoms with Crippen molar-refractivity contribution in [2.45, 2.75) is 0 Å². The van der Waals surface area contributed by atoms with Gasteiger partial charge < -0.3 is 42.6 Å². The summed E-state index contributed by atoms with van der Waals surface area (Å²) >= 11 is 0. The molecule has 0 amide bonds. The number of hydrogen-bond acceptors (Lipinski definition) is 12. The molecule has 0 saturated carbocycles. The van der Waals surface area contributed by atoms with Crippen molar-refractivity contribution >= 4 is 0 Å².